The van der Waals surface area contributed by atoms with Crippen LogP contribution in [0, 0.1) is 0 Å². The molecule has 2 fully saturated rings. The minimum Gasteiger partial charge on any atom is -0.356 e. The second kappa shape index (κ2) is 14.2. The SMILES string of the molecule is CCN1CCN(CCCCNC(=NC)N2CCN(Cc3ccccc3)CC2)CC1.I. The smallest absolute Gasteiger partial charge is 0.193 e. The van der Waals surface area contributed by atoms with Gasteiger partial charge in [0.05, 0.1) is 0 Å². The molecule has 0 saturated carbocycles. The number of nitrogens with zero attached hydrogens (tertiary/aromatic N) is 5. The van der Waals surface area contributed by atoms with E-state index in [1.54, 1.807) is 0 Å². The van der Waals surface area contributed by atoms with E-state index in [2.05, 4.69) is 67.2 Å². The summed E-state index contributed by atoms with van der Waals surface area (Å²) in [4.78, 5) is 14.6. The molecule has 6 nitrogen and oxygen atoms in total. The Balaban J connectivity index is 0.00000320. The topological polar surface area (TPSA) is 37.4 Å². The molecule has 0 aromatic heterocycles. The molecule has 0 unspecified atom stereocenters. The quantitative estimate of drug-likeness (QED) is 0.243. The van der Waals surface area contributed by atoms with Crippen molar-refractivity contribution in [2.24, 2.45) is 4.99 Å². The van der Waals surface area contributed by atoms with Crippen molar-refractivity contribution >= 4 is 29.9 Å². The summed E-state index contributed by atoms with van der Waals surface area (Å²) in [6, 6.07) is 10.8. The highest BCUT2D eigenvalue weighted by molar-refractivity contribution is 14.0. The van der Waals surface area contributed by atoms with E-state index >= 15 is 0 Å². The maximum atomic E-state index is 4.52. The highest BCUT2D eigenvalue weighted by Crippen LogP contribution is 2.09. The molecular formula is C23H41IN6. The second-order valence-corrected chi connectivity index (χ2v) is 8.21. The van der Waals surface area contributed by atoms with Gasteiger partial charge in [0.25, 0.3) is 0 Å². The van der Waals surface area contributed by atoms with Gasteiger partial charge in [-0.2, -0.15) is 0 Å². The fourth-order valence-electron chi connectivity index (χ4n) is 4.28. The number of hydrogen-bond acceptors (Lipinski definition) is 4. The molecule has 2 saturated heterocycles. The summed E-state index contributed by atoms with van der Waals surface area (Å²) in [7, 11) is 1.91. The van der Waals surface area contributed by atoms with Crippen LogP contribution in [0.25, 0.3) is 0 Å². The predicted molar refractivity (Wildman–Crippen MR) is 138 cm³/mol. The summed E-state index contributed by atoms with van der Waals surface area (Å²) in [5.41, 5.74) is 1.40. The van der Waals surface area contributed by atoms with Gasteiger partial charge in [0.1, 0.15) is 0 Å². The number of guanidine groups is 1. The van der Waals surface area contributed by atoms with Crippen molar-refractivity contribution < 1.29 is 0 Å². The van der Waals surface area contributed by atoms with Crippen molar-refractivity contribution in [2.45, 2.75) is 26.3 Å². The Morgan fingerprint density at radius 2 is 1.50 bits per heavy atom. The van der Waals surface area contributed by atoms with Gasteiger partial charge in [-0.05, 0) is 31.5 Å². The van der Waals surface area contributed by atoms with Gasteiger partial charge in [0.2, 0.25) is 0 Å². The van der Waals surface area contributed by atoms with Gasteiger partial charge >= 0.3 is 0 Å². The molecule has 0 radical (unpaired) electrons. The molecule has 7 heteroatoms. The second-order valence-electron chi connectivity index (χ2n) is 8.21. The maximum Gasteiger partial charge on any atom is 0.193 e. The first kappa shape index (κ1) is 25.4. The lowest BCUT2D eigenvalue weighted by Gasteiger charge is -2.36. The lowest BCUT2D eigenvalue weighted by Crippen LogP contribution is -2.52. The first-order chi connectivity index (χ1) is 14.3. The fourth-order valence-corrected chi connectivity index (χ4v) is 4.28. The van der Waals surface area contributed by atoms with Crippen LogP contribution in [0.5, 0.6) is 0 Å². The number of piperazine rings is 2. The van der Waals surface area contributed by atoms with Crippen molar-refractivity contribution in [2.75, 3.05) is 79.0 Å². The zero-order chi connectivity index (χ0) is 20.3. The zero-order valence-corrected chi connectivity index (χ0v) is 21.3. The Morgan fingerprint density at radius 3 is 2.13 bits per heavy atom. The number of likely N-dealkylation sites (N-methyl/N-ethyl adjacent to an activating group) is 1. The maximum absolute atomic E-state index is 4.52. The van der Waals surface area contributed by atoms with Crippen molar-refractivity contribution in [3.8, 4) is 0 Å². The van der Waals surface area contributed by atoms with Crippen LogP contribution in [-0.4, -0.2) is 105 Å². The lowest BCUT2D eigenvalue weighted by molar-refractivity contribution is 0.136. The molecule has 0 atom stereocenters. The van der Waals surface area contributed by atoms with Gasteiger partial charge in [0.15, 0.2) is 5.96 Å². The number of hydrogen-bond donors (Lipinski definition) is 1. The van der Waals surface area contributed by atoms with Crippen LogP contribution in [0.1, 0.15) is 25.3 Å². The normalized spacial score (nSPS) is 19.5. The average molecular weight is 529 g/mol. The Labute approximate surface area is 200 Å². The van der Waals surface area contributed by atoms with Gasteiger partial charge in [-0.1, -0.05) is 37.3 Å². The number of nitrogens with one attached hydrogen (secondary N) is 1. The summed E-state index contributed by atoms with van der Waals surface area (Å²) in [5.74, 6) is 1.07. The molecule has 2 aliphatic rings. The van der Waals surface area contributed by atoms with Crippen molar-refractivity contribution in [3.63, 3.8) is 0 Å². The highest BCUT2D eigenvalue weighted by atomic mass is 127. The van der Waals surface area contributed by atoms with Crippen LogP contribution in [-0.2, 0) is 6.54 Å². The van der Waals surface area contributed by atoms with Crippen molar-refractivity contribution in [1.82, 2.24) is 24.9 Å². The summed E-state index contributed by atoms with van der Waals surface area (Å²) in [6.45, 7) is 16.0. The van der Waals surface area contributed by atoms with E-state index < -0.39 is 0 Å². The number of aliphatic imine (C=N–C) groups is 1. The molecule has 0 bridgehead atoms. The van der Waals surface area contributed by atoms with E-state index in [-0.39, 0.29) is 24.0 Å². The molecule has 2 heterocycles. The van der Waals surface area contributed by atoms with Gasteiger partial charge < -0.3 is 20.0 Å². The monoisotopic (exact) mass is 528 g/mol. The first-order valence-corrected chi connectivity index (χ1v) is 11.4. The number of benzene rings is 1. The first-order valence-electron chi connectivity index (χ1n) is 11.4. The lowest BCUT2D eigenvalue weighted by atomic mass is 10.2. The summed E-state index contributed by atoms with van der Waals surface area (Å²) < 4.78 is 0. The van der Waals surface area contributed by atoms with Crippen LogP contribution >= 0.6 is 24.0 Å². The van der Waals surface area contributed by atoms with Crippen LogP contribution in [0.3, 0.4) is 0 Å². The minimum absolute atomic E-state index is 0. The van der Waals surface area contributed by atoms with E-state index in [1.807, 2.05) is 7.05 Å². The largest absolute Gasteiger partial charge is 0.356 e. The van der Waals surface area contributed by atoms with E-state index in [4.69, 9.17) is 0 Å². The van der Waals surface area contributed by atoms with Crippen molar-refractivity contribution in [3.05, 3.63) is 35.9 Å². The predicted octanol–water partition coefficient (Wildman–Crippen LogP) is 2.42. The summed E-state index contributed by atoms with van der Waals surface area (Å²) in [5, 5.41) is 3.59. The van der Waals surface area contributed by atoms with Gasteiger partial charge in [0, 0.05) is 72.5 Å². The molecule has 1 aromatic carbocycles. The third-order valence-corrected chi connectivity index (χ3v) is 6.23. The van der Waals surface area contributed by atoms with E-state index in [0.29, 0.717) is 0 Å². The highest BCUT2D eigenvalue weighted by Gasteiger charge is 2.19. The molecule has 2 aliphatic heterocycles. The van der Waals surface area contributed by atoms with Gasteiger partial charge in [-0.25, -0.2) is 0 Å². The summed E-state index contributed by atoms with van der Waals surface area (Å²) >= 11 is 0. The van der Waals surface area contributed by atoms with Crippen LogP contribution < -0.4 is 5.32 Å². The Morgan fingerprint density at radius 1 is 0.867 bits per heavy atom. The number of unbranched alkanes of at least 4 members (excludes halogenated alkanes) is 1. The van der Waals surface area contributed by atoms with E-state index in [0.717, 1.165) is 45.2 Å². The molecule has 3 rings (SSSR count). The van der Waals surface area contributed by atoms with Crippen molar-refractivity contribution in [1.29, 1.82) is 0 Å². The molecular weight excluding hydrogens is 487 g/mol. The average Bonchev–Trinajstić information content (AvgIpc) is 2.78. The zero-order valence-electron chi connectivity index (χ0n) is 18.9. The minimum atomic E-state index is 0. The molecule has 170 valence electrons. The van der Waals surface area contributed by atoms with Gasteiger partial charge in [-0.15, -0.1) is 24.0 Å². The standard InChI is InChI=1S/C23H40N6.HI/c1-3-26-13-15-27(16-14-26)12-8-7-11-25-23(24-2)29-19-17-28(18-20-29)21-22-9-5-4-6-10-22;/h4-6,9-10H,3,7-8,11-21H2,1-2H3,(H,24,25);1H. The van der Waals surface area contributed by atoms with E-state index in [1.165, 1.54) is 57.7 Å². The third-order valence-electron chi connectivity index (χ3n) is 6.23. The molecule has 1 aromatic rings. The van der Waals surface area contributed by atoms with Crippen LogP contribution in [0.4, 0.5) is 0 Å². The number of rotatable bonds is 8. The molecule has 1 N–H and O–H groups in total. The Bertz CT molecular complexity index is 595. The molecule has 30 heavy (non-hydrogen) atoms. The third kappa shape index (κ3) is 8.32. The molecule has 0 spiro atoms. The van der Waals surface area contributed by atoms with E-state index in [9.17, 15) is 0 Å². The molecule has 0 aliphatic carbocycles. The van der Waals surface area contributed by atoms with Crippen LogP contribution in [0.2, 0.25) is 0 Å². The molecule has 0 amide bonds. The summed E-state index contributed by atoms with van der Waals surface area (Å²) in [6.07, 6.45) is 2.47. The van der Waals surface area contributed by atoms with Gasteiger partial charge in [-0.3, -0.25) is 9.89 Å². The van der Waals surface area contributed by atoms with Crippen LogP contribution in [0.15, 0.2) is 35.3 Å². The Kier molecular flexibility index (Phi) is 12.0. The fraction of sp³-hybridized carbons (Fsp3) is 0.696. The number of halogens is 1. The Hall–Kier alpha value is -0.900.